The van der Waals surface area contributed by atoms with Crippen molar-refractivity contribution in [3.05, 3.63) is 17.7 Å². The third-order valence-electron chi connectivity index (χ3n) is 3.86. The maximum atomic E-state index is 10.3. The van der Waals surface area contributed by atoms with E-state index in [1.807, 2.05) is 0 Å². The fourth-order valence-corrected chi connectivity index (χ4v) is 2.50. The van der Waals surface area contributed by atoms with Crippen LogP contribution in [0.5, 0.6) is 17.2 Å². The van der Waals surface area contributed by atoms with Crippen molar-refractivity contribution in [1.29, 1.82) is 0 Å². The molecule has 0 aromatic heterocycles. The summed E-state index contributed by atoms with van der Waals surface area (Å²) in [6.07, 6.45) is 2.51. The van der Waals surface area contributed by atoms with Gasteiger partial charge in [0, 0.05) is 12.1 Å². The Kier molecular flexibility index (Phi) is 5.92. The van der Waals surface area contributed by atoms with Crippen molar-refractivity contribution < 1.29 is 19.7 Å². The third kappa shape index (κ3) is 3.11. The molecule has 20 heavy (non-hydrogen) atoms. The minimum Gasteiger partial charge on any atom is -0.508 e. The predicted molar refractivity (Wildman–Crippen MR) is 78.7 cm³/mol. The van der Waals surface area contributed by atoms with Crippen molar-refractivity contribution in [3.8, 4) is 17.2 Å². The molecule has 1 aliphatic carbocycles. The summed E-state index contributed by atoms with van der Waals surface area (Å²) in [4.78, 5) is 0. The van der Waals surface area contributed by atoms with Crippen LogP contribution < -0.4 is 15.2 Å². The lowest BCUT2D eigenvalue weighted by atomic mass is 9.77. The first-order valence-electron chi connectivity index (χ1n) is 6.47. The van der Waals surface area contributed by atoms with Crippen LogP contribution in [0.4, 0.5) is 0 Å². The molecule has 1 aliphatic rings. The van der Waals surface area contributed by atoms with E-state index < -0.39 is 12.1 Å². The molecule has 0 radical (unpaired) electrons. The van der Waals surface area contributed by atoms with E-state index in [0.717, 1.165) is 19.3 Å². The molecule has 6 heteroatoms. The number of methoxy groups -OCH3 is 2. The summed E-state index contributed by atoms with van der Waals surface area (Å²) in [6.45, 7) is 0. The highest BCUT2D eigenvalue weighted by Crippen LogP contribution is 2.42. The molecule has 1 aromatic rings. The van der Waals surface area contributed by atoms with Gasteiger partial charge in [0.1, 0.15) is 17.2 Å². The van der Waals surface area contributed by atoms with Crippen molar-refractivity contribution in [1.82, 2.24) is 0 Å². The van der Waals surface area contributed by atoms with Gasteiger partial charge >= 0.3 is 0 Å². The quantitative estimate of drug-likeness (QED) is 0.774. The van der Waals surface area contributed by atoms with Gasteiger partial charge in [-0.05, 0) is 18.8 Å². The fourth-order valence-electron chi connectivity index (χ4n) is 2.50. The Hall–Kier alpha value is -1.17. The first-order valence-corrected chi connectivity index (χ1v) is 6.47. The molecule has 114 valence electrons. The second-order valence-electron chi connectivity index (χ2n) is 4.97. The number of aromatic hydroxyl groups is 1. The molecule has 0 heterocycles. The van der Waals surface area contributed by atoms with Crippen LogP contribution in [0.15, 0.2) is 12.1 Å². The summed E-state index contributed by atoms with van der Waals surface area (Å²) >= 11 is 0. The smallest absolute Gasteiger partial charge is 0.131 e. The molecule has 0 aliphatic heterocycles. The Labute approximate surface area is 125 Å². The number of phenols is 1. The van der Waals surface area contributed by atoms with E-state index in [4.69, 9.17) is 15.2 Å². The molecule has 0 bridgehead atoms. The minimum atomic E-state index is -0.624. The van der Waals surface area contributed by atoms with E-state index in [9.17, 15) is 10.2 Å². The molecule has 4 N–H and O–H groups in total. The summed E-state index contributed by atoms with van der Waals surface area (Å²) < 4.78 is 10.5. The highest BCUT2D eigenvalue weighted by molar-refractivity contribution is 5.85. The number of aliphatic hydroxyl groups excluding tert-OH is 1. The first-order chi connectivity index (χ1) is 9.08. The van der Waals surface area contributed by atoms with Gasteiger partial charge in [-0.15, -0.1) is 12.4 Å². The number of aliphatic hydroxyl groups is 1. The molecule has 2 atom stereocenters. The Morgan fingerprint density at radius 3 is 2.05 bits per heavy atom. The number of nitrogens with two attached hydrogens (primary N) is 1. The molecule has 1 aromatic carbocycles. The molecule has 5 nitrogen and oxygen atoms in total. The lowest BCUT2D eigenvalue weighted by molar-refractivity contribution is 0.0401. The van der Waals surface area contributed by atoms with Gasteiger partial charge in [0.15, 0.2) is 0 Å². The molecule has 1 saturated carbocycles. The van der Waals surface area contributed by atoms with Crippen LogP contribution in [0.2, 0.25) is 0 Å². The maximum Gasteiger partial charge on any atom is 0.131 e. The normalized spacial score (nSPS) is 17.6. The molecule has 0 spiro atoms. The van der Waals surface area contributed by atoms with Gasteiger partial charge in [0.2, 0.25) is 0 Å². The number of benzene rings is 1. The number of phenolic OH excluding ortho intramolecular Hbond substituents is 1. The van der Waals surface area contributed by atoms with E-state index in [1.165, 1.54) is 26.4 Å². The molecule has 0 amide bonds. The van der Waals surface area contributed by atoms with Crippen LogP contribution in [-0.2, 0) is 0 Å². The summed E-state index contributed by atoms with van der Waals surface area (Å²) in [5.74, 6) is 1.14. The average molecular weight is 304 g/mol. The topological polar surface area (TPSA) is 84.9 Å². The number of halogens is 1. The Morgan fingerprint density at radius 1 is 1.20 bits per heavy atom. The van der Waals surface area contributed by atoms with Gasteiger partial charge in [-0.25, -0.2) is 0 Å². The monoisotopic (exact) mass is 303 g/mol. The Balaban J connectivity index is 0.00000200. The average Bonchev–Trinajstić information content (AvgIpc) is 2.34. The second kappa shape index (κ2) is 7.02. The summed E-state index contributed by atoms with van der Waals surface area (Å²) in [6, 6.07) is 2.37. The summed E-state index contributed by atoms with van der Waals surface area (Å²) in [5, 5.41) is 19.9. The standard InChI is InChI=1S/C14H21NO4.ClH/c1-18-10-6-9(16)7-11(19-2)12(10)13(15)14(17)8-4-3-5-8;/h6-8,13-14,16-17H,3-5,15H2,1-2H3;1H/t13-,14+;/m1./s1. The number of hydrogen-bond donors (Lipinski definition) is 3. The summed E-state index contributed by atoms with van der Waals surface area (Å²) in [7, 11) is 3.00. The highest BCUT2D eigenvalue weighted by atomic mass is 35.5. The van der Waals surface area contributed by atoms with Crippen LogP contribution in [0, 0.1) is 5.92 Å². The fraction of sp³-hybridized carbons (Fsp3) is 0.571. The van der Waals surface area contributed by atoms with E-state index in [-0.39, 0.29) is 24.1 Å². The van der Waals surface area contributed by atoms with Crippen LogP contribution in [-0.4, -0.2) is 30.5 Å². The zero-order chi connectivity index (χ0) is 14.0. The van der Waals surface area contributed by atoms with E-state index in [0.29, 0.717) is 17.1 Å². The van der Waals surface area contributed by atoms with E-state index in [1.54, 1.807) is 0 Å². The maximum absolute atomic E-state index is 10.3. The van der Waals surface area contributed by atoms with Crippen LogP contribution in [0.1, 0.15) is 30.9 Å². The third-order valence-corrected chi connectivity index (χ3v) is 3.86. The van der Waals surface area contributed by atoms with Gasteiger partial charge < -0.3 is 25.4 Å². The Bertz CT molecular complexity index is 426. The van der Waals surface area contributed by atoms with Crippen molar-refractivity contribution in [3.63, 3.8) is 0 Å². The predicted octanol–water partition coefficient (Wildman–Crippen LogP) is 1.99. The van der Waals surface area contributed by atoms with Crippen molar-refractivity contribution in [2.24, 2.45) is 11.7 Å². The van der Waals surface area contributed by atoms with Gasteiger partial charge in [-0.1, -0.05) is 6.42 Å². The number of rotatable bonds is 5. The molecule has 2 rings (SSSR count). The molecule has 1 fully saturated rings. The van der Waals surface area contributed by atoms with Crippen LogP contribution >= 0.6 is 12.4 Å². The van der Waals surface area contributed by atoms with Crippen molar-refractivity contribution in [2.45, 2.75) is 31.4 Å². The Morgan fingerprint density at radius 2 is 1.70 bits per heavy atom. The van der Waals surface area contributed by atoms with E-state index in [2.05, 4.69) is 0 Å². The van der Waals surface area contributed by atoms with E-state index >= 15 is 0 Å². The minimum absolute atomic E-state index is 0. The lowest BCUT2D eigenvalue weighted by Crippen LogP contribution is -2.36. The van der Waals surface area contributed by atoms with Crippen molar-refractivity contribution >= 4 is 12.4 Å². The van der Waals surface area contributed by atoms with Gasteiger partial charge in [-0.3, -0.25) is 0 Å². The zero-order valence-corrected chi connectivity index (χ0v) is 12.5. The number of hydrogen-bond acceptors (Lipinski definition) is 5. The zero-order valence-electron chi connectivity index (χ0n) is 11.7. The molecule has 0 unspecified atom stereocenters. The van der Waals surface area contributed by atoms with Crippen molar-refractivity contribution in [2.75, 3.05) is 14.2 Å². The SMILES string of the molecule is COc1cc(O)cc(OC)c1[C@@H](N)[C@@H](O)C1CCC1.Cl. The van der Waals surface area contributed by atoms with Crippen LogP contribution in [0.3, 0.4) is 0 Å². The lowest BCUT2D eigenvalue weighted by Gasteiger charge is -2.34. The highest BCUT2D eigenvalue weighted by Gasteiger charge is 2.33. The van der Waals surface area contributed by atoms with Crippen LogP contribution in [0.25, 0.3) is 0 Å². The second-order valence-corrected chi connectivity index (χ2v) is 4.97. The summed E-state index contributed by atoms with van der Waals surface area (Å²) in [5.41, 5.74) is 6.76. The number of ether oxygens (including phenoxy) is 2. The first kappa shape index (κ1) is 16.9. The van der Waals surface area contributed by atoms with Gasteiger partial charge in [-0.2, -0.15) is 0 Å². The van der Waals surface area contributed by atoms with Gasteiger partial charge in [0.25, 0.3) is 0 Å². The molecule has 0 saturated heterocycles. The molecular weight excluding hydrogens is 282 g/mol. The largest absolute Gasteiger partial charge is 0.508 e. The molecular formula is C14H22ClNO4. The van der Waals surface area contributed by atoms with Gasteiger partial charge in [0.05, 0.1) is 31.9 Å².